The normalized spacial score (nSPS) is 16.5. The van der Waals surface area contributed by atoms with E-state index in [1.54, 1.807) is 0 Å². The lowest BCUT2D eigenvalue weighted by molar-refractivity contribution is -0.123. The Labute approximate surface area is 91.6 Å². The lowest BCUT2D eigenvalue weighted by Crippen LogP contribution is -2.47. The summed E-state index contributed by atoms with van der Waals surface area (Å²) in [5.41, 5.74) is 0. The number of carbonyl (C=O) groups is 1. The lowest BCUT2D eigenvalue weighted by Gasteiger charge is -2.36. The fourth-order valence-corrected chi connectivity index (χ4v) is 1.78. The van der Waals surface area contributed by atoms with Crippen LogP contribution in [0.5, 0.6) is 0 Å². The number of aliphatic hydroxyl groups is 1. The van der Waals surface area contributed by atoms with E-state index in [4.69, 9.17) is 5.11 Å². The molecular formula is C11H22N2O2. The van der Waals surface area contributed by atoms with E-state index in [9.17, 15) is 4.79 Å². The summed E-state index contributed by atoms with van der Waals surface area (Å²) in [5.74, 6) is 0.0807. The largest absolute Gasteiger partial charge is 0.395 e. The second-order valence-corrected chi connectivity index (χ2v) is 4.13. The van der Waals surface area contributed by atoms with E-state index in [1.165, 1.54) is 19.3 Å². The Kier molecular flexibility index (Phi) is 5.65. The average Bonchev–Trinajstić information content (AvgIpc) is 2.12. The first-order chi connectivity index (χ1) is 7.27. The third-order valence-electron chi connectivity index (χ3n) is 2.90. The first-order valence-electron chi connectivity index (χ1n) is 5.89. The van der Waals surface area contributed by atoms with Gasteiger partial charge in [-0.15, -0.1) is 0 Å². The fraction of sp³-hybridized carbons (Fsp3) is 0.909. The minimum Gasteiger partial charge on any atom is -0.395 e. The van der Waals surface area contributed by atoms with E-state index in [0.29, 0.717) is 19.1 Å². The standard InChI is InChI=1S/C11H22N2O2/c1-2-6-12-11(15)9-13(7-8-14)10-4-3-5-10/h10,14H,2-9H2,1H3,(H,12,15). The van der Waals surface area contributed by atoms with Crippen LogP contribution in [0.25, 0.3) is 0 Å². The first kappa shape index (κ1) is 12.5. The number of rotatable bonds is 7. The predicted molar refractivity (Wildman–Crippen MR) is 59.6 cm³/mol. The zero-order valence-electron chi connectivity index (χ0n) is 9.54. The van der Waals surface area contributed by atoms with E-state index in [2.05, 4.69) is 10.2 Å². The van der Waals surface area contributed by atoms with Crippen molar-refractivity contribution in [1.29, 1.82) is 0 Å². The van der Waals surface area contributed by atoms with Gasteiger partial charge < -0.3 is 10.4 Å². The minimum atomic E-state index is 0.0807. The highest BCUT2D eigenvalue weighted by molar-refractivity contribution is 5.78. The highest BCUT2D eigenvalue weighted by Gasteiger charge is 2.25. The molecule has 1 saturated carbocycles. The van der Waals surface area contributed by atoms with Gasteiger partial charge in [0, 0.05) is 19.1 Å². The third kappa shape index (κ3) is 4.18. The van der Waals surface area contributed by atoms with Gasteiger partial charge in [0.05, 0.1) is 13.2 Å². The zero-order valence-corrected chi connectivity index (χ0v) is 9.54. The van der Waals surface area contributed by atoms with Crippen molar-refractivity contribution < 1.29 is 9.90 Å². The second-order valence-electron chi connectivity index (χ2n) is 4.13. The summed E-state index contributed by atoms with van der Waals surface area (Å²) in [4.78, 5) is 13.6. The van der Waals surface area contributed by atoms with Crippen molar-refractivity contribution in [3.8, 4) is 0 Å². The summed E-state index contributed by atoms with van der Waals surface area (Å²) < 4.78 is 0. The Hall–Kier alpha value is -0.610. The lowest BCUT2D eigenvalue weighted by atomic mass is 9.91. The maximum Gasteiger partial charge on any atom is 0.234 e. The molecule has 4 nitrogen and oxygen atoms in total. The van der Waals surface area contributed by atoms with Crippen LogP contribution in [-0.4, -0.2) is 48.2 Å². The number of aliphatic hydroxyl groups excluding tert-OH is 1. The van der Waals surface area contributed by atoms with Gasteiger partial charge in [-0.05, 0) is 19.3 Å². The summed E-state index contributed by atoms with van der Waals surface area (Å²) in [5, 5.41) is 11.8. The van der Waals surface area contributed by atoms with Gasteiger partial charge in [-0.3, -0.25) is 9.69 Å². The molecule has 1 amide bonds. The summed E-state index contributed by atoms with van der Waals surface area (Å²) in [7, 11) is 0. The summed E-state index contributed by atoms with van der Waals surface area (Å²) in [6.07, 6.45) is 4.56. The topological polar surface area (TPSA) is 52.6 Å². The van der Waals surface area contributed by atoms with Gasteiger partial charge >= 0.3 is 0 Å². The maximum absolute atomic E-state index is 11.5. The van der Waals surface area contributed by atoms with Gasteiger partial charge in [-0.2, -0.15) is 0 Å². The van der Waals surface area contributed by atoms with Crippen molar-refractivity contribution in [2.24, 2.45) is 0 Å². The molecule has 1 aliphatic carbocycles. The molecule has 0 atom stereocenters. The Bertz CT molecular complexity index is 193. The van der Waals surface area contributed by atoms with Crippen LogP contribution in [0.1, 0.15) is 32.6 Å². The molecule has 0 aromatic rings. The quantitative estimate of drug-likeness (QED) is 0.643. The number of nitrogens with one attached hydrogen (secondary N) is 1. The van der Waals surface area contributed by atoms with E-state index in [0.717, 1.165) is 13.0 Å². The van der Waals surface area contributed by atoms with Gasteiger partial charge in [0.1, 0.15) is 0 Å². The van der Waals surface area contributed by atoms with Crippen LogP contribution >= 0.6 is 0 Å². The molecule has 0 radical (unpaired) electrons. The van der Waals surface area contributed by atoms with Gasteiger partial charge in [0.15, 0.2) is 0 Å². The van der Waals surface area contributed by atoms with Crippen molar-refractivity contribution in [3.05, 3.63) is 0 Å². The molecule has 1 aliphatic rings. The number of hydrogen-bond donors (Lipinski definition) is 2. The van der Waals surface area contributed by atoms with Crippen molar-refractivity contribution in [3.63, 3.8) is 0 Å². The monoisotopic (exact) mass is 214 g/mol. The van der Waals surface area contributed by atoms with Crippen molar-refractivity contribution >= 4 is 5.91 Å². The number of carbonyl (C=O) groups excluding carboxylic acids is 1. The fourth-order valence-electron chi connectivity index (χ4n) is 1.78. The Morgan fingerprint density at radius 3 is 2.73 bits per heavy atom. The summed E-state index contributed by atoms with van der Waals surface area (Å²) >= 11 is 0. The molecule has 0 aliphatic heterocycles. The van der Waals surface area contributed by atoms with Gasteiger partial charge in [0.2, 0.25) is 5.91 Å². The molecule has 0 aromatic heterocycles. The highest BCUT2D eigenvalue weighted by Crippen LogP contribution is 2.24. The van der Waals surface area contributed by atoms with Crippen molar-refractivity contribution in [1.82, 2.24) is 10.2 Å². The van der Waals surface area contributed by atoms with Gasteiger partial charge in [0.25, 0.3) is 0 Å². The molecule has 0 heterocycles. The Morgan fingerprint density at radius 1 is 1.53 bits per heavy atom. The molecule has 1 rings (SSSR count). The van der Waals surface area contributed by atoms with E-state index in [-0.39, 0.29) is 12.5 Å². The maximum atomic E-state index is 11.5. The molecule has 0 unspecified atom stereocenters. The van der Waals surface area contributed by atoms with E-state index < -0.39 is 0 Å². The Balaban J connectivity index is 2.26. The minimum absolute atomic E-state index is 0.0807. The first-order valence-corrected chi connectivity index (χ1v) is 5.89. The van der Waals surface area contributed by atoms with E-state index >= 15 is 0 Å². The molecule has 4 heteroatoms. The number of hydrogen-bond acceptors (Lipinski definition) is 3. The number of amides is 1. The highest BCUT2D eigenvalue weighted by atomic mass is 16.3. The molecule has 0 bridgehead atoms. The predicted octanol–water partition coefficient (Wildman–Crippen LogP) is 0.359. The molecule has 0 aromatic carbocycles. The van der Waals surface area contributed by atoms with Crippen molar-refractivity contribution in [2.45, 2.75) is 38.6 Å². The van der Waals surface area contributed by atoms with Gasteiger partial charge in [-0.25, -0.2) is 0 Å². The molecule has 1 fully saturated rings. The van der Waals surface area contributed by atoms with Crippen LogP contribution in [0.4, 0.5) is 0 Å². The third-order valence-corrected chi connectivity index (χ3v) is 2.90. The SMILES string of the molecule is CCCNC(=O)CN(CCO)C1CCC1. The van der Waals surface area contributed by atoms with Crippen LogP contribution in [0.3, 0.4) is 0 Å². The van der Waals surface area contributed by atoms with Gasteiger partial charge in [-0.1, -0.05) is 13.3 Å². The van der Waals surface area contributed by atoms with Crippen LogP contribution in [-0.2, 0) is 4.79 Å². The molecule has 2 N–H and O–H groups in total. The number of nitrogens with zero attached hydrogens (tertiary/aromatic N) is 1. The molecule has 0 spiro atoms. The van der Waals surface area contributed by atoms with Crippen LogP contribution in [0.15, 0.2) is 0 Å². The zero-order chi connectivity index (χ0) is 11.1. The molecule has 88 valence electrons. The molecule has 15 heavy (non-hydrogen) atoms. The molecule has 0 saturated heterocycles. The molecular weight excluding hydrogens is 192 g/mol. The van der Waals surface area contributed by atoms with Crippen LogP contribution < -0.4 is 5.32 Å². The average molecular weight is 214 g/mol. The Morgan fingerprint density at radius 2 is 2.27 bits per heavy atom. The van der Waals surface area contributed by atoms with E-state index in [1.807, 2.05) is 6.92 Å². The van der Waals surface area contributed by atoms with Crippen LogP contribution in [0, 0.1) is 0 Å². The smallest absolute Gasteiger partial charge is 0.234 e. The van der Waals surface area contributed by atoms with Crippen LogP contribution in [0.2, 0.25) is 0 Å². The summed E-state index contributed by atoms with van der Waals surface area (Å²) in [6, 6.07) is 0.518. The second kappa shape index (κ2) is 6.80. The summed E-state index contributed by atoms with van der Waals surface area (Å²) in [6.45, 7) is 3.97. The van der Waals surface area contributed by atoms with Crippen molar-refractivity contribution in [2.75, 3.05) is 26.2 Å².